The fourth-order valence-electron chi connectivity index (χ4n) is 3.35. The molecule has 2 aromatic carbocycles. The van der Waals surface area contributed by atoms with E-state index < -0.39 is 0 Å². The van der Waals surface area contributed by atoms with Gasteiger partial charge >= 0.3 is 0 Å². The third-order valence-corrected chi connectivity index (χ3v) is 4.92. The molecule has 0 aliphatic carbocycles. The van der Waals surface area contributed by atoms with Crippen molar-refractivity contribution in [2.24, 2.45) is 0 Å². The number of aromatic nitrogens is 2. The van der Waals surface area contributed by atoms with E-state index in [0.717, 1.165) is 42.0 Å². The Morgan fingerprint density at radius 1 is 1.14 bits per heavy atom. The van der Waals surface area contributed by atoms with Crippen LogP contribution in [-0.2, 0) is 13.1 Å². The van der Waals surface area contributed by atoms with Crippen molar-refractivity contribution in [3.8, 4) is 5.75 Å². The minimum Gasteiger partial charge on any atom is -0.497 e. The smallest absolute Gasteiger partial charge is 0.254 e. The first-order chi connectivity index (χ1) is 13.6. The van der Waals surface area contributed by atoms with Crippen LogP contribution in [-0.4, -0.2) is 34.0 Å². The van der Waals surface area contributed by atoms with Gasteiger partial charge in [0.05, 0.1) is 24.7 Å². The van der Waals surface area contributed by atoms with Gasteiger partial charge in [-0.05, 0) is 55.3 Å². The standard InChI is InChI=1S/C22H26ClN3O2/c1-4-12-25(22(27)16-6-9-18(28-3)10-7-16)15-21-24-19-11-8-17(23)14-20(19)26(21)13-5-2/h6-11,14H,4-5,12-13,15H2,1-3H3. The lowest BCUT2D eigenvalue weighted by Crippen LogP contribution is -2.32. The van der Waals surface area contributed by atoms with E-state index in [1.807, 2.05) is 35.2 Å². The maximum absolute atomic E-state index is 13.1. The molecule has 0 saturated carbocycles. The van der Waals surface area contributed by atoms with Crippen LogP contribution in [0, 0.1) is 0 Å². The van der Waals surface area contributed by atoms with Crippen LogP contribution in [0.5, 0.6) is 5.75 Å². The zero-order valence-electron chi connectivity index (χ0n) is 16.6. The number of nitrogens with zero attached hydrogens (tertiary/aromatic N) is 3. The molecular weight excluding hydrogens is 374 g/mol. The van der Waals surface area contributed by atoms with E-state index in [1.165, 1.54) is 0 Å². The Hall–Kier alpha value is -2.53. The summed E-state index contributed by atoms with van der Waals surface area (Å²) < 4.78 is 7.36. The molecule has 148 valence electrons. The number of imidazole rings is 1. The van der Waals surface area contributed by atoms with Gasteiger partial charge in [-0.25, -0.2) is 4.98 Å². The van der Waals surface area contributed by atoms with Gasteiger partial charge in [0.1, 0.15) is 11.6 Å². The molecule has 6 heteroatoms. The molecule has 0 bridgehead atoms. The first kappa shape index (κ1) is 20.2. The Morgan fingerprint density at radius 2 is 1.89 bits per heavy atom. The van der Waals surface area contributed by atoms with E-state index >= 15 is 0 Å². The largest absolute Gasteiger partial charge is 0.497 e. The number of benzene rings is 2. The Balaban J connectivity index is 1.93. The number of fused-ring (bicyclic) bond motifs is 1. The molecule has 0 unspecified atom stereocenters. The Bertz CT molecular complexity index is 950. The van der Waals surface area contributed by atoms with Crippen molar-refractivity contribution in [1.29, 1.82) is 0 Å². The van der Waals surface area contributed by atoms with Crippen LogP contribution in [0.15, 0.2) is 42.5 Å². The second-order valence-corrected chi connectivity index (χ2v) is 7.20. The molecule has 0 aliphatic rings. The number of halogens is 1. The van der Waals surface area contributed by atoms with Gasteiger partial charge in [-0.1, -0.05) is 25.4 Å². The predicted octanol–water partition coefficient (Wildman–Crippen LogP) is 5.16. The first-order valence-electron chi connectivity index (χ1n) is 9.65. The van der Waals surface area contributed by atoms with Crippen LogP contribution in [0.1, 0.15) is 42.9 Å². The van der Waals surface area contributed by atoms with Gasteiger partial charge in [0.2, 0.25) is 0 Å². The number of hydrogen-bond acceptors (Lipinski definition) is 3. The van der Waals surface area contributed by atoms with Crippen molar-refractivity contribution < 1.29 is 9.53 Å². The quantitative estimate of drug-likeness (QED) is 0.525. The molecule has 0 N–H and O–H groups in total. The molecule has 1 aromatic heterocycles. The van der Waals surface area contributed by atoms with Crippen molar-refractivity contribution in [1.82, 2.24) is 14.5 Å². The number of ether oxygens (including phenoxy) is 1. The summed E-state index contributed by atoms with van der Waals surface area (Å²) in [5.41, 5.74) is 2.56. The van der Waals surface area contributed by atoms with Gasteiger partial charge in [-0.3, -0.25) is 4.79 Å². The number of carbonyl (C=O) groups is 1. The van der Waals surface area contributed by atoms with E-state index in [1.54, 1.807) is 19.2 Å². The molecule has 0 saturated heterocycles. The highest BCUT2D eigenvalue weighted by Crippen LogP contribution is 2.23. The SMILES string of the molecule is CCCN(Cc1nc2ccc(Cl)cc2n1CCC)C(=O)c1ccc(OC)cc1. The Morgan fingerprint density at radius 3 is 2.54 bits per heavy atom. The number of hydrogen-bond donors (Lipinski definition) is 0. The highest BCUT2D eigenvalue weighted by molar-refractivity contribution is 6.31. The average molecular weight is 400 g/mol. The number of rotatable bonds is 8. The molecule has 0 atom stereocenters. The molecule has 3 aromatic rings. The summed E-state index contributed by atoms with van der Waals surface area (Å²) in [4.78, 5) is 19.8. The van der Waals surface area contributed by atoms with Crippen molar-refractivity contribution in [2.75, 3.05) is 13.7 Å². The van der Waals surface area contributed by atoms with Gasteiger partial charge in [0.25, 0.3) is 5.91 Å². The van der Waals surface area contributed by atoms with Crippen molar-refractivity contribution in [3.63, 3.8) is 0 Å². The Kier molecular flexibility index (Phi) is 6.57. The lowest BCUT2D eigenvalue weighted by molar-refractivity contribution is 0.0737. The third-order valence-electron chi connectivity index (χ3n) is 4.69. The van der Waals surface area contributed by atoms with Crippen LogP contribution < -0.4 is 4.74 Å². The summed E-state index contributed by atoms with van der Waals surface area (Å²) in [7, 11) is 1.62. The average Bonchev–Trinajstić information content (AvgIpc) is 3.04. The van der Waals surface area contributed by atoms with Crippen molar-refractivity contribution in [3.05, 3.63) is 58.9 Å². The molecule has 1 amide bonds. The molecule has 28 heavy (non-hydrogen) atoms. The molecule has 0 fully saturated rings. The van der Waals surface area contributed by atoms with Gasteiger partial charge in [0, 0.05) is 23.7 Å². The third kappa shape index (κ3) is 4.30. The normalized spacial score (nSPS) is 11.0. The van der Waals surface area contributed by atoms with Gasteiger partial charge in [0.15, 0.2) is 0 Å². The molecular formula is C22H26ClN3O2. The fourth-order valence-corrected chi connectivity index (χ4v) is 3.52. The fraction of sp³-hybridized carbons (Fsp3) is 0.364. The molecule has 0 aliphatic heterocycles. The van der Waals surface area contributed by atoms with E-state index in [-0.39, 0.29) is 5.91 Å². The van der Waals surface area contributed by atoms with Crippen LogP contribution in [0.4, 0.5) is 0 Å². The number of carbonyl (C=O) groups excluding carboxylic acids is 1. The zero-order valence-corrected chi connectivity index (χ0v) is 17.4. The summed E-state index contributed by atoms with van der Waals surface area (Å²) >= 11 is 6.19. The number of aryl methyl sites for hydroxylation is 1. The Labute approximate surface area is 170 Å². The second kappa shape index (κ2) is 9.11. The molecule has 0 radical (unpaired) electrons. The lowest BCUT2D eigenvalue weighted by atomic mass is 10.2. The summed E-state index contributed by atoms with van der Waals surface area (Å²) in [6, 6.07) is 13.0. The maximum Gasteiger partial charge on any atom is 0.254 e. The van der Waals surface area contributed by atoms with E-state index in [4.69, 9.17) is 21.3 Å². The summed E-state index contributed by atoms with van der Waals surface area (Å²) in [6.07, 6.45) is 1.85. The van der Waals surface area contributed by atoms with Crippen LogP contribution >= 0.6 is 11.6 Å². The topological polar surface area (TPSA) is 47.4 Å². The maximum atomic E-state index is 13.1. The van der Waals surface area contributed by atoms with Crippen LogP contribution in [0.3, 0.4) is 0 Å². The number of amides is 1. The first-order valence-corrected chi connectivity index (χ1v) is 10.0. The summed E-state index contributed by atoms with van der Waals surface area (Å²) in [5.74, 6) is 1.62. The highest BCUT2D eigenvalue weighted by Gasteiger charge is 2.19. The second-order valence-electron chi connectivity index (χ2n) is 6.77. The van der Waals surface area contributed by atoms with Crippen LogP contribution in [0.2, 0.25) is 5.02 Å². The van der Waals surface area contributed by atoms with E-state index in [9.17, 15) is 4.79 Å². The number of methoxy groups -OCH3 is 1. The lowest BCUT2D eigenvalue weighted by Gasteiger charge is -2.22. The molecule has 1 heterocycles. The monoisotopic (exact) mass is 399 g/mol. The molecule has 5 nitrogen and oxygen atoms in total. The highest BCUT2D eigenvalue weighted by atomic mass is 35.5. The van der Waals surface area contributed by atoms with Crippen molar-refractivity contribution >= 4 is 28.5 Å². The predicted molar refractivity (Wildman–Crippen MR) is 113 cm³/mol. The van der Waals surface area contributed by atoms with Crippen molar-refractivity contribution in [2.45, 2.75) is 39.8 Å². The van der Waals surface area contributed by atoms with Gasteiger partial charge in [-0.15, -0.1) is 0 Å². The van der Waals surface area contributed by atoms with Gasteiger partial charge in [-0.2, -0.15) is 0 Å². The van der Waals surface area contributed by atoms with Gasteiger partial charge < -0.3 is 14.2 Å². The zero-order chi connectivity index (χ0) is 20.1. The summed E-state index contributed by atoms with van der Waals surface area (Å²) in [5, 5.41) is 0.691. The minimum atomic E-state index is -0.00219. The van der Waals surface area contributed by atoms with Crippen LogP contribution in [0.25, 0.3) is 11.0 Å². The van der Waals surface area contributed by atoms with E-state index in [0.29, 0.717) is 23.7 Å². The molecule has 0 spiro atoms. The summed E-state index contributed by atoms with van der Waals surface area (Å²) in [6.45, 7) is 6.17. The minimum absolute atomic E-state index is 0.00219. The van der Waals surface area contributed by atoms with E-state index in [2.05, 4.69) is 18.4 Å². The molecule has 3 rings (SSSR count).